The van der Waals surface area contributed by atoms with E-state index in [1.165, 1.54) is 16.2 Å². The summed E-state index contributed by atoms with van der Waals surface area (Å²) >= 11 is 1.52. The van der Waals surface area contributed by atoms with Crippen LogP contribution in [0.25, 0.3) is 21.0 Å². The molecule has 0 saturated heterocycles. The summed E-state index contributed by atoms with van der Waals surface area (Å²) in [5.41, 5.74) is 0.908. The molecule has 1 aromatic carbocycles. The summed E-state index contributed by atoms with van der Waals surface area (Å²) in [5, 5.41) is 9.79. The van der Waals surface area contributed by atoms with Crippen molar-refractivity contribution in [1.82, 2.24) is 9.88 Å². The largest absolute Gasteiger partial charge is 0.448 e. The first kappa shape index (κ1) is 15.5. The van der Waals surface area contributed by atoms with Gasteiger partial charge in [-0.15, -0.1) is 17.9 Å². The average Bonchev–Trinajstić information content (AvgIpc) is 3.20. The van der Waals surface area contributed by atoms with Crippen molar-refractivity contribution >= 4 is 27.5 Å². The number of aromatic nitrogens is 1. The molecule has 0 aliphatic heterocycles. The van der Waals surface area contributed by atoms with E-state index < -0.39 is 0 Å². The Balaban J connectivity index is 1.87. The number of benzene rings is 1. The maximum Gasteiger partial charge on any atom is 0.289 e. The Morgan fingerprint density at radius 2 is 2.17 bits per heavy atom. The third-order valence-corrected chi connectivity index (χ3v) is 4.38. The van der Waals surface area contributed by atoms with Crippen LogP contribution in [0, 0.1) is 0 Å². The number of thiazole rings is 1. The topological polar surface area (TPSA) is 66.6 Å². The molecule has 0 saturated carbocycles. The second-order valence-corrected chi connectivity index (χ2v) is 5.94. The van der Waals surface area contributed by atoms with Gasteiger partial charge in [0.05, 0.1) is 16.8 Å². The molecule has 0 unspecified atom stereocenters. The summed E-state index contributed by atoms with van der Waals surface area (Å²) in [4.78, 5) is 18.4. The molecule has 23 heavy (non-hydrogen) atoms. The van der Waals surface area contributed by atoms with Crippen molar-refractivity contribution in [2.24, 2.45) is 0 Å². The van der Waals surface area contributed by atoms with Gasteiger partial charge in [0.15, 0.2) is 16.5 Å². The zero-order valence-corrected chi connectivity index (χ0v) is 13.3. The smallest absolute Gasteiger partial charge is 0.289 e. The van der Waals surface area contributed by atoms with Crippen molar-refractivity contribution in [2.75, 3.05) is 19.7 Å². The number of nitrogens with zero attached hydrogens (tertiary/aromatic N) is 2. The van der Waals surface area contributed by atoms with Gasteiger partial charge in [-0.1, -0.05) is 18.2 Å². The Morgan fingerprint density at radius 3 is 2.91 bits per heavy atom. The summed E-state index contributed by atoms with van der Waals surface area (Å²) in [5.74, 6) is 0.526. The van der Waals surface area contributed by atoms with E-state index in [9.17, 15) is 4.79 Å². The molecule has 0 aliphatic rings. The summed E-state index contributed by atoms with van der Waals surface area (Å²) < 4.78 is 6.75. The molecule has 3 rings (SSSR count). The molecule has 3 aromatic rings. The molecule has 1 N–H and O–H groups in total. The number of aliphatic hydroxyl groups excluding tert-OH is 1. The lowest BCUT2D eigenvalue weighted by Gasteiger charge is -2.18. The monoisotopic (exact) mass is 328 g/mol. The van der Waals surface area contributed by atoms with Crippen LogP contribution in [0.15, 0.2) is 53.5 Å². The van der Waals surface area contributed by atoms with E-state index in [0.717, 1.165) is 15.2 Å². The lowest BCUT2D eigenvalue weighted by molar-refractivity contribution is 0.0712. The highest BCUT2D eigenvalue weighted by Crippen LogP contribution is 2.31. The fourth-order valence-electron chi connectivity index (χ4n) is 2.25. The molecule has 2 aromatic heterocycles. The molecule has 2 heterocycles. The van der Waals surface area contributed by atoms with Gasteiger partial charge in [0, 0.05) is 13.1 Å². The number of fused-ring (bicyclic) bond motifs is 1. The number of amides is 1. The van der Waals surface area contributed by atoms with Crippen molar-refractivity contribution < 1.29 is 14.3 Å². The number of rotatable bonds is 6. The van der Waals surface area contributed by atoms with Gasteiger partial charge < -0.3 is 14.4 Å². The van der Waals surface area contributed by atoms with Crippen LogP contribution < -0.4 is 0 Å². The maximum absolute atomic E-state index is 12.4. The molecular formula is C17H16N2O3S. The zero-order chi connectivity index (χ0) is 16.2. The highest BCUT2D eigenvalue weighted by molar-refractivity contribution is 7.21. The molecule has 6 heteroatoms. The van der Waals surface area contributed by atoms with Crippen molar-refractivity contribution in [2.45, 2.75) is 0 Å². The van der Waals surface area contributed by atoms with Crippen LogP contribution in [-0.2, 0) is 0 Å². The first-order valence-corrected chi connectivity index (χ1v) is 8.01. The van der Waals surface area contributed by atoms with Crippen LogP contribution in [0.5, 0.6) is 0 Å². The Morgan fingerprint density at radius 1 is 1.35 bits per heavy atom. The number of furan rings is 1. The van der Waals surface area contributed by atoms with E-state index in [-0.39, 0.29) is 24.8 Å². The van der Waals surface area contributed by atoms with E-state index >= 15 is 0 Å². The molecule has 0 bridgehead atoms. The molecule has 0 aliphatic carbocycles. The Labute approximate surface area is 137 Å². The fourth-order valence-corrected chi connectivity index (χ4v) is 3.18. The molecule has 0 atom stereocenters. The van der Waals surface area contributed by atoms with Crippen LogP contribution in [0.2, 0.25) is 0 Å². The van der Waals surface area contributed by atoms with Crippen LogP contribution in [0.1, 0.15) is 10.6 Å². The van der Waals surface area contributed by atoms with Gasteiger partial charge in [0.1, 0.15) is 0 Å². The Hall–Kier alpha value is -2.44. The minimum Gasteiger partial charge on any atom is -0.448 e. The highest BCUT2D eigenvalue weighted by Gasteiger charge is 2.19. The summed E-state index contributed by atoms with van der Waals surface area (Å²) in [7, 11) is 0. The third kappa shape index (κ3) is 3.18. The first-order chi connectivity index (χ1) is 11.2. The first-order valence-electron chi connectivity index (χ1n) is 7.19. The number of carbonyl (C=O) groups excluding carboxylic acids is 1. The molecule has 0 radical (unpaired) electrons. The standard InChI is InChI=1S/C17H16N2O3S/c1-2-9-19(10-11-20)17(21)14-8-7-13(22-14)16-18-12-5-3-4-6-15(12)23-16/h2-8,20H,1,9-11H2. The van der Waals surface area contributed by atoms with Crippen LogP contribution in [0.4, 0.5) is 0 Å². The van der Waals surface area contributed by atoms with Gasteiger partial charge in [-0.2, -0.15) is 0 Å². The number of para-hydroxylation sites is 1. The number of hydrogen-bond donors (Lipinski definition) is 1. The van der Waals surface area contributed by atoms with Crippen molar-refractivity contribution in [3.8, 4) is 10.8 Å². The van der Waals surface area contributed by atoms with E-state index in [2.05, 4.69) is 11.6 Å². The third-order valence-electron chi connectivity index (χ3n) is 3.33. The van der Waals surface area contributed by atoms with Crippen LogP contribution >= 0.6 is 11.3 Å². The van der Waals surface area contributed by atoms with Gasteiger partial charge in [-0.05, 0) is 24.3 Å². The van der Waals surface area contributed by atoms with E-state index in [1.807, 2.05) is 24.3 Å². The van der Waals surface area contributed by atoms with E-state index in [0.29, 0.717) is 12.3 Å². The average molecular weight is 328 g/mol. The van der Waals surface area contributed by atoms with Crippen LogP contribution in [-0.4, -0.2) is 40.6 Å². The molecule has 5 nitrogen and oxygen atoms in total. The highest BCUT2D eigenvalue weighted by atomic mass is 32.1. The van der Waals surface area contributed by atoms with Crippen LogP contribution in [0.3, 0.4) is 0 Å². The van der Waals surface area contributed by atoms with Gasteiger partial charge in [-0.25, -0.2) is 4.98 Å². The predicted molar refractivity (Wildman–Crippen MR) is 90.5 cm³/mol. The van der Waals surface area contributed by atoms with Gasteiger partial charge >= 0.3 is 0 Å². The molecule has 1 amide bonds. The second-order valence-electron chi connectivity index (χ2n) is 4.91. The van der Waals surface area contributed by atoms with Crippen molar-refractivity contribution in [3.05, 3.63) is 54.8 Å². The Kier molecular flexibility index (Phi) is 4.55. The Bertz CT molecular complexity index is 804. The van der Waals surface area contributed by atoms with Gasteiger partial charge in [0.25, 0.3) is 5.91 Å². The predicted octanol–water partition coefficient (Wildman–Crippen LogP) is 3.18. The SMILES string of the molecule is C=CCN(CCO)C(=O)c1ccc(-c2nc3ccccc3s2)o1. The second kappa shape index (κ2) is 6.76. The minimum absolute atomic E-state index is 0.106. The number of hydrogen-bond acceptors (Lipinski definition) is 5. The molecule has 0 fully saturated rings. The van der Waals surface area contributed by atoms with Crippen molar-refractivity contribution in [3.63, 3.8) is 0 Å². The summed E-state index contributed by atoms with van der Waals surface area (Å²) in [6, 6.07) is 11.2. The van der Waals surface area contributed by atoms with Gasteiger partial charge in [0.2, 0.25) is 0 Å². The fraction of sp³-hybridized carbons (Fsp3) is 0.176. The number of carbonyl (C=O) groups is 1. The minimum atomic E-state index is -0.272. The van der Waals surface area contributed by atoms with E-state index in [4.69, 9.17) is 9.52 Å². The van der Waals surface area contributed by atoms with Gasteiger partial charge in [-0.3, -0.25) is 4.79 Å². The summed E-state index contributed by atoms with van der Waals surface area (Å²) in [6.45, 7) is 4.11. The summed E-state index contributed by atoms with van der Waals surface area (Å²) in [6.07, 6.45) is 1.62. The number of aliphatic hydroxyl groups is 1. The molecular weight excluding hydrogens is 312 g/mol. The lowest BCUT2D eigenvalue weighted by Crippen LogP contribution is -2.33. The normalized spacial score (nSPS) is 10.8. The maximum atomic E-state index is 12.4. The van der Waals surface area contributed by atoms with Crippen molar-refractivity contribution in [1.29, 1.82) is 0 Å². The molecule has 0 spiro atoms. The quantitative estimate of drug-likeness (QED) is 0.706. The molecule has 118 valence electrons. The van der Waals surface area contributed by atoms with E-state index in [1.54, 1.807) is 18.2 Å². The zero-order valence-electron chi connectivity index (χ0n) is 12.4. The lowest BCUT2D eigenvalue weighted by atomic mass is 10.3.